The molecule has 1 aliphatic heterocycles. The van der Waals surface area contributed by atoms with Gasteiger partial charge in [0.25, 0.3) is 5.91 Å². The number of ether oxygens (including phenoxy) is 1. The smallest absolute Gasteiger partial charge is 0.272 e. The van der Waals surface area contributed by atoms with Crippen molar-refractivity contribution in [3.63, 3.8) is 0 Å². The summed E-state index contributed by atoms with van der Waals surface area (Å²) in [6, 6.07) is 7.98. The molecule has 2 aromatic rings. The van der Waals surface area contributed by atoms with Crippen LogP contribution in [0.1, 0.15) is 17.4 Å². The van der Waals surface area contributed by atoms with Crippen LogP contribution in [0, 0.1) is 0 Å². The Balaban J connectivity index is 1.61. The molecule has 0 aliphatic carbocycles. The van der Waals surface area contributed by atoms with E-state index in [0.717, 1.165) is 5.69 Å². The normalized spacial score (nSPS) is 17.0. The Morgan fingerprint density at radius 2 is 1.79 bits per heavy atom. The summed E-state index contributed by atoms with van der Waals surface area (Å²) < 4.78 is 29.6. The van der Waals surface area contributed by atoms with E-state index in [0.29, 0.717) is 5.75 Å². The second kappa shape index (κ2) is 8.01. The van der Waals surface area contributed by atoms with Crippen LogP contribution in [-0.4, -0.2) is 72.7 Å². The summed E-state index contributed by atoms with van der Waals surface area (Å²) in [5.74, 6) is -0.167. The van der Waals surface area contributed by atoms with Gasteiger partial charge in [-0.05, 0) is 37.3 Å². The minimum absolute atomic E-state index is 0.0499. The second-order valence-electron chi connectivity index (χ2n) is 6.52. The summed E-state index contributed by atoms with van der Waals surface area (Å²) in [4.78, 5) is 26.3. The number of carbonyl (C=O) groups is 2. The van der Waals surface area contributed by atoms with E-state index in [1.165, 1.54) is 4.90 Å². The number of methoxy groups -OCH3 is 1. The lowest BCUT2D eigenvalue weighted by atomic mass is 10.2. The van der Waals surface area contributed by atoms with Gasteiger partial charge in [0.05, 0.1) is 24.3 Å². The fourth-order valence-electron chi connectivity index (χ4n) is 2.86. The van der Waals surface area contributed by atoms with Gasteiger partial charge in [-0.1, -0.05) is 0 Å². The van der Waals surface area contributed by atoms with Crippen LogP contribution in [-0.2, 0) is 14.6 Å². The van der Waals surface area contributed by atoms with Crippen LogP contribution >= 0.6 is 0 Å². The summed E-state index contributed by atoms with van der Waals surface area (Å²) >= 11 is 0. The standard InChI is InChI=1S/C18H22N4O5S/c1-13(18(24)21-9-11-28(25,26)12-10-21)19-17(23)16-7-8-22(20-16)14-3-5-15(27-2)6-4-14/h3-8,13H,9-12H2,1-2H3,(H,19,23). The highest BCUT2D eigenvalue weighted by Crippen LogP contribution is 2.14. The molecule has 2 amide bonds. The van der Waals surface area contributed by atoms with Crippen LogP contribution in [0.2, 0.25) is 0 Å². The average Bonchev–Trinajstić information content (AvgIpc) is 3.18. The zero-order chi connectivity index (χ0) is 20.3. The Kier molecular flexibility index (Phi) is 5.68. The predicted molar refractivity (Wildman–Crippen MR) is 102 cm³/mol. The molecule has 2 heterocycles. The summed E-state index contributed by atoms with van der Waals surface area (Å²) in [7, 11) is -1.49. The Morgan fingerprint density at radius 1 is 1.14 bits per heavy atom. The van der Waals surface area contributed by atoms with Crippen LogP contribution in [0.25, 0.3) is 5.69 Å². The number of hydrogen-bond acceptors (Lipinski definition) is 6. The molecule has 1 aliphatic rings. The van der Waals surface area contributed by atoms with Crippen molar-refractivity contribution in [3.8, 4) is 11.4 Å². The maximum absolute atomic E-state index is 12.4. The molecule has 10 heteroatoms. The van der Waals surface area contributed by atoms with Gasteiger partial charge < -0.3 is 15.0 Å². The number of carbonyl (C=O) groups excluding carboxylic acids is 2. The number of amides is 2. The van der Waals surface area contributed by atoms with E-state index < -0.39 is 21.8 Å². The monoisotopic (exact) mass is 406 g/mol. The minimum Gasteiger partial charge on any atom is -0.497 e. The quantitative estimate of drug-likeness (QED) is 0.762. The van der Waals surface area contributed by atoms with Gasteiger partial charge in [0.2, 0.25) is 5.91 Å². The zero-order valence-electron chi connectivity index (χ0n) is 15.7. The second-order valence-corrected chi connectivity index (χ2v) is 8.82. The number of rotatable bonds is 5. The molecule has 0 radical (unpaired) electrons. The van der Waals surface area contributed by atoms with E-state index in [4.69, 9.17) is 4.74 Å². The lowest BCUT2D eigenvalue weighted by Gasteiger charge is -2.29. The van der Waals surface area contributed by atoms with Crippen molar-refractivity contribution in [2.45, 2.75) is 13.0 Å². The number of nitrogens with one attached hydrogen (secondary N) is 1. The van der Waals surface area contributed by atoms with Gasteiger partial charge in [0.15, 0.2) is 15.5 Å². The maximum atomic E-state index is 12.4. The lowest BCUT2D eigenvalue weighted by Crippen LogP contribution is -2.51. The van der Waals surface area contributed by atoms with Gasteiger partial charge in [0.1, 0.15) is 11.8 Å². The summed E-state index contributed by atoms with van der Waals surface area (Å²) in [6.07, 6.45) is 1.65. The highest BCUT2D eigenvalue weighted by Gasteiger charge is 2.28. The minimum atomic E-state index is -3.07. The first kappa shape index (κ1) is 19.9. The largest absolute Gasteiger partial charge is 0.497 e. The van der Waals surface area contributed by atoms with Crippen molar-refractivity contribution in [3.05, 3.63) is 42.2 Å². The first-order valence-corrected chi connectivity index (χ1v) is 10.6. The molecule has 1 N–H and O–H groups in total. The predicted octanol–water partition coefficient (Wildman–Crippen LogP) is 0.256. The van der Waals surface area contributed by atoms with Crippen LogP contribution in [0.5, 0.6) is 5.75 Å². The third kappa shape index (κ3) is 4.50. The fourth-order valence-corrected chi connectivity index (χ4v) is 4.06. The van der Waals surface area contributed by atoms with Gasteiger partial charge in [-0.3, -0.25) is 9.59 Å². The van der Waals surface area contributed by atoms with Crippen molar-refractivity contribution >= 4 is 21.7 Å². The van der Waals surface area contributed by atoms with Crippen molar-refractivity contribution < 1.29 is 22.7 Å². The number of benzene rings is 1. The average molecular weight is 406 g/mol. The Labute approximate surface area is 163 Å². The molecule has 1 aromatic heterocycles. The summed E-state index contributed by atoms with van der Waals surface area (Å²) in [6.45, 7) is 1.87. The van der Waals surface area contributed by atoms with Gasteiger partial charge in [-0.15, -0.1) is 0 Å². The maximum Gasteiger partial charge on any atom is 0.272 e. The molecular weight excluding hydrogens is 384 g/mol. The van der Waals surface area contributed by atoms with E-state index in [-0.39, 0.29) is 36.2 Å². The van der Waals surface area contributed by atoms with Crippen LogP contribution in [0.4, 0.5) is 0 Å². The van der Waals surface area contributed by atoms with Crippen LogP contribution < -0.4 is 10.1 Å². The molecule has 0 spiro atoms. The molecule has 28 heavy (non-hydrogen) atoms. The van der Waals surface area contributed by atoms with E-state index in [1.54, 1.807) is 43.1 Å². The molecule has 3 rings (SSSR count). The fraction of sp³-hybridized carbons (Fsp3) is 0.389. The molecular formula is C18H22N4O5S. The third-order valence-corrected chi connectivity index (χ3v) is 6.14. The number of nitrogens with zero attached hydrogens (tertiary/aromatic N) is 3. The molecule has 1 atom stereocenters. The van der Waals surface area contributed by atoms with Crippen molar-refractivity contribution in [1.29, 1.82) is 0 Å². The van der Waals surface area contributed by atoms with Crippen LogP contribution in [0.15, 0.2) is 36.5 Å². The lowest BCUT2D eigenvalue weighted by molar-refractivity contribution is -0.132. The molecule has 1 fully saturated rings. The highest BCUT2D eigenvalue weighted by atomic mass is 32.2. The molecule has 0 bridgehead atoms. The van der Waals surface area contributed by atoms with E-state index in [1.807, 2.05) is 12.1 Å². The highest BCUT2D eigenvalue weighted by molar-refractivity contribution is 7.91. The van der Waals surface area contributed by atoms with Crippen molar-refractivity contribution in [2.24, 2.45) is 0 Å². The number of aromatic nitrogens is 2. The Hall–Kier alpha value is -2.88. The molecule has 1 unspecified atom stereocenters. The Morgan fingerprint density at radius 3 is 2.39 bits per heavy atom. The summed E-state index contributed by atoms with van der Waals surface area (Å²) in [5, 5.41) is 6.86. The van der Waals surface area contributed by atoms with Gasteiger partial charge >= 0.3 is 0 Å². The first-order valence-electron chi connectivity index (χ1n) is 8.79. The van der Waals surface area contributed by atoms with Crippen molar-refractivity contribution in [2.75, 3.05) is 31.7 Å². The number of sulfone groups is 1. The zero-order valence-corrected chi connectivity index (χ0v) is 16.5. The molecule has 1 saturated heterocycles. The molecule has 9 nitrogen and oxygen atoms in total. The van der Waals surface area contributed by atoms with E-state index in [2.05, 4.69) is 10.4 Å². The first-order chi connectivity index (χ1) is 13.3. The Bertz CT molecular complexity index is 954. The summed E-state index contributed by atoms with van der Waals surface area (Å²) in [5.41, 5.74) is 0.940. The van der Waals surface area contributed by atoms with E-state index >= 15 is 0 Å². The SMILES string of the molecule is COc1ccc(-n2ccc(C(=O)NC(C)C(=O)N3CCS(=O)(=O)CC3)n2)cc1. The molecule has 1 aromatic carbocycles. The third-order valence-electron chi connectivity index (χ3n) is 4.53. The van der Waals surface area contributed by atoms with Crippen molar-refractivity contribution in [1.82, 2.24) is 20.0 Å². The number of hydrogen-bond donors (Lipinski definition) is 1. The van der Waals surface area contributed by atoms with E-state index in [9.17, 15) is 18.0 Å². The van der Waals surface area contributed by atoms with Gasteiger partial charge in [-0.25, -0.2) is 13.1 Å². The molecule has 0 saturated carbocycles. The molecule has 150 valence electrons. The van der Waals surface area contributed by atoms with Crippen LogP contribution in [0.3, 0.4) is 0 Å². The van der Waals surface area contributed by atoms with Gasteiger partial charge in [-0.2, -0.15) is 5.10 Å². The topological polar surface area (TPSA) is 111 Å². The van der Waals surface area contributed by atoms with Gasteiger partial charge in [0, 0.05) is 19.3 Å².